The van der Waals surface area contributed by atoms with Gasteiger partial charge in [-0.05, 0) is 60.8 Å². The number of carbonyl (C=O) groups is 2. The van der Waals surface area contributed by atoms with Crippen molar-refractivity contribution in [1.82, 2.24) is 10.2 Å². The van der Waals surface area contributed by atoms with E-state index in [1.165, 1.54) is 22.3 Å². The molecule has 1 aliphatic carbocycles. The van der Waals surface area contributed by atoms with Gasteiger partial charge in [-0.15, -0.1) is 0 Å². The Kier molecular flexibility index (Phi) is 5.68. The Morgan fingerprint density at radius 1 is 1.03 bits per heavy atom. The molecule has 1 aliphatic heterocycles. The third kappa shape index (κ3) is 3.88. The van der Waals surface area contributed by atoms with Crippen LogP contribution >= 0.6 is 0 Å². The van der Waals surface area contributed by atoms with Crippen molar-refractivity contribution < 1.29 is 9.59 Å². The molecule has 30 heavy (non-hydrogen) atoms. The lowest BCUT2D eigenvalue weighted by molar-refractivity contribution is -0.141. The van der Waals surface area contributed by atoms with E-state index in [2.05, 4.69) is 67.7 Å². The molecule has 2 atom stereocenters. The Bertz CT molecular complexity index is 944. The van der Waals surface area contributed by atoms with Crippen LogP contribution in [0.15, 0.2) is 48.5 Å². The fraction of sp³-hybridized carbons (Fsp3) is 0.462. The highest BCUT2D eigenvalue weighted by Gasteiger charge is 2.46. The van der Waals surface area contributed by atoms with Gasteiger partial charge in [-0.3, -0.25) is 9.59 Å². The van der Waals surface area contributed by atoms with E-state index < -0.39 is 5.41 Å². The zero-order valence-electron chi connectivity index (χ0n) is 18.3. The van der Waals surface area contributed by atoms with Crippen LogP contribution in [-0.2, 0) is 16.0 Å². The van der Waals surface area contributed by atoms with E-state index in [-0.39, 0.29) is 17.7 Å². The first kappa shape index (κ1) is 20.6. The molecule has 0 aromatic heterocycles. The number of aryl methyl sites for hydroxylation is 1. The van der Waals surface area contributed by atoms with Crippen molar-refractivity contribution >= 4 is 11.8 Å². The normalized spacial score (nSPS) is 22.4. The molecule has 2 aromatic rings. The number of nitrogens with one attached hydrogen (secondary N) is 1. The minimum absolute atomic E-state index is 0.0916. The molecule has 0 radical (unpaired) electrons. The molecule has 158 valence electrons. The number of piperidine rings is 1. The predicted octanol–water partition coefficient (Wildman–Crippen LogP) is 4.22. The van der Waals surface area contributed by atoms with Gasteiger partial charge in [0.1, 0.15) is 0 Å². The SMILES string of the molecule is CNC(=O)C1(Cc2ccccc2-c2ccccc2C)CCN(C(=O)[C@H]2C[C@H]2C)CC1. The summed E-state index contributed by atoms with van der Waals surface area (Å²) in [4.78, 5) is 27.7. The zero-order chi connectivity index (χ0) is 21.3. The standard InChI is InChI=1S/C26H32N2O2/c1-18-8-4-6-10-21(18)22-11-7-5-9-20(22)17-26(25(30)27-3)12-14-28(15-13-26)24(29)23-16-19(23)2/h4-11,19,23H,12-17H2,1-3H3,(H,27,30)/t19-,23+/m1/s1. The largest absolute Gasteiger partial charge is 0.359 e. The van der Waals surface area contributed by atoms with E-state index >= 15 is 0 Å². The molecule has 2 aromatic carbocycles. The van der Waals surface area contributed by atoms with E-state index in [4.69, 9.17) is 0 Å². The predicted molar refractivity (Wildman–Crippen MR) is 120 cm³/mol. The van der Waals surface area contributed by atoms with Gasteiger partial charge in [-0.25, -0.2) is 0 Å². The van der Waals surface area contributed by atoms with Crippen LogP contribution in [0.3, 0.4) is 0 Å². The smallest absolute Gasteiger partial charge is 0.226 e. The highest BCUT2D eigenvalue weighted by atomic mass is 16.2. The number of hydrogen-bond acceptors (Lipinski definition) is 2. The number of benzene rings is 2. The number of nitrogens with zero attached hydrogens (tertiary/aromatic N) is 1. The van der Waals surface area contributed by atoms with Crippen molar-refractivity contribution in [2.45, 2.75) is 39.5 Å². The molecular formula is C26H32N2O2. The Labute approximate surface area is 179 Å². The van der Waals surface area contributed by atoms with E-state index in [9.17, 15) is 9.59 Å². The molecule has 1 heterocycles. The average molecular weight is 405 g/mol. The second-order valence-corrected chi connectivity index (χ2v) is 9.15. The average Bonchev–Trinajstić information content (AvgIpc) is 3.50. The van der Waals surface area contributed by atoms with Gasteiger partial charge in [0.05, 0.1) is 5.41 Å². The van der Waals surface area contributed by atoms with Gasteiger partial charge < -0.3 is 10.2 Å². The highest BCUT2D eigenvalue weighted by Crippen LogP contribution is 2.42. The lowest BCUT2D eigenvalue weighted by Crippen LogP contribution is -2.51. The van der Waals surface area contributed by atoms with Crippen molar-refractivity contribution in [1.29, 1.82) is 0 Å². The third-order valence-corrected chi connectivity index (χ3v) is 7.15. The number of hydrogen-bond donors (Lipinski definition) is 1. The monoisotopic (exact) mass is 404 g/mol. The van der Waals surface area contributed by atoms with E-state index in [1.807, 2.05) is 4.90 Å². The zero-order valence-corrected chi connectivity index (χ0v) is 18.3. The fourth-order valence-electron chi connectivity index (χ4n) is 4.98. The molecule has 4 rings (SSSR count). The molecule has 1 saturated heterocycles. The van der Waals surface area contributed by atoms with Crippen LogP contribution in [-0.4, -0.2) is 36.9 Å². The van der Waals surface area contributed by atoms with E-state index in [0.29, 0.717) is 38.3 Å². The van der Waals surface area contributed by atoms with Crippen LogP contribution in [0.4, 0.5) is 0 Å². The van der Waals surface area contributed by atoms with Gasteiger partial charge in [-0.2, -0.15) is 0 Å². The minimum Gasteiger partial charge on any atom is -0.359 e. The maximum atomic E-state index is 13.1. The van der Waals surface area contributed by atoms with Crippen LogP contribution in [0.1, 0.15) is 37.3 Å². The van der Waals surface area contributed by atoms with Gasteiger partial charge in [0, 0.05) is 26.1 Å². The van der Waals surface area contributed by atoms with Crippen molar-refractivity contribution in [2.24, 2.45) is 17.3 Å². The summed E-state index contributed by atoms with van der Waals surface area (Å²) >= 11 is 0. The molecule has 4 heteroatoms. The van der Waals surface area contributed by atoms with Gasteiger partial charge in [0.2, 0.25) is 11.8 Å². The minimum atomic E-state index is -0.473. The number of carbonyl (C=O) groups excluding carboxylic acids is 2. The summed E-state index contributed by atoms with van der Waals surface area (Å²) in [6, 6.07) is 16.8. The maximum absolute atomic E-state index is 13.1. The molecular weight excluding hydrogens is 372 g/mol. The van der Waals surface area contributed by atoms with Crippen molar-refractivity contribution in [3.05, 3.63) is 59.7 Å². The topological polar surface area (TPSA) is 49.4 Å². The molecule has 0 spiro atoms. The van der Waals surface area contributed by atoms with Crippen LogP contribution < -0.4 is 5.32 Å². The summed E-state index contributed by atoms with van der Waals surface area (Å²) in [5.74, 6) is 1.10. The Balaban J connectivity index is 1.59. The number of likely N-dealkylation sites (tertiary alicyclic amines) is 1. The summed E-state index contributed by atoms with van der Waals surface area (Å²) in [5.41, 5.74) is 4.38. The summed E-state index contributed by atoms with van der Waals surface area (Å²) in [6.07, 6.45) is 3.13. The molecule has 1 saturated carbocycles. The Hall–Kier alpha value is -2.62. The lowest BCUT2D eigenvalue weighted by atomic mass is 9.71. The van der Waals surface area contributed by atoms with E-state index in [0.717, 1.165) is 6.42 Å². The maximum Gasteiger partial charge on any atom is 0.226 e. The second-order valence-electron chi connectivity index (χ2n) is 9.15. The fourth-order valence-corrected chi connectivity index (χ4v) is 4.98. The van der Waals surface area contributed by atoms with Crippen LogP contribution in [0.25, 0.3) is 11.1 Å². The second kappa shape index (κ2) is 8.25. The summed E-state index contributed by atoms with van der Waals surface area (Å²) < 4.78 is 0. The van der Waals surface area contributed by atoms with Gasteiger partial charge in [-0.1, -0.05) is 55.5 Å². The molecule has 0 bridgehead atoms. The first-order valence-electron chi connectivity index (χ1n) is 11.1. The summed E-state index contributed by atoms with van der Waals surface area (Å²) in [6.45, 7) is 5.61. The van der Waals surface area contributed by atoms with Gasteiger partial charge >= 0.3 is 0 Å². The molecule has 1 N–H and O–H groups in total. The molecule has 2 fully saturated rings. The van der Waals surface area contributed by atoms with Crippen LogP contribution in [0.5, 0.6) is 0 Å². The number of amides is 2. The van der Waals surface area contributed by atoms with Gasteiger partial charge in [0.15, 0.2) is 0 Å². The number of rotatable bonds is 5. The quantitative estimate of drug-likeness (QED) is 0.811. The Morgan fingerprint density at radius 3 is 2.23 bits per heavy atom. The summed E-state index contributed by atoms with van der Waals surface area (Å²) in [7, 11) is 1.72. The highest BCUT2D eigenvalue weighted by molar-refractivity contribution is 5.85. The first-order valence-corrected chi connectivity index (χ1v) is 11.1. The first-order chi connectivity index (χ1) is 14.4. The molecule has 4 nitrogen and oxygen atoms in total. The molecule has 2 amide bonds. The van der Waals surface area contributed by atoms with Gasteiger partial charge in [0.25, 0.3) is 0 Å². The van der Waals surface area contributed by atoms with Crippen molar-refractivity contribution in [3.8, 4) is 11.1 Å². The summed E-state index contributed by atoms with van der Waals surface area (Å²) in [5, 5.41) is 2.91. The molecule has 2 aliphatic rings. The van der Waals surface area contributed by atoms with Crippen LogP contribution in [0, 0.1) is 24.2 Å². The van der Waals surface area contributed by atoms with E-state index in [1.54, 1.807) is 7.05 Å². The van der Waals surface area contributed by atoms with Crippen molar-refractivity contribution in [2.75, 3.05) is 20.1 Å². The van der Waals surface area contributed by atoms with Crippen LogP contribution in [0.2, 0.25) is 0 Å². The lowest BCUT2D eigenvalue weighted by Gasteiger charge is -2.41. The van der Waals surface area contributed by atoms with Crippen molar-refractivity contribution in [3.63, 3.8) is 0 Å². The molecule has 0 unspecified atom stereocenters. The Morgan fingerprint density at radius 2 is 1.63 bits per heavy atom. The third-order valence-electron chi connectivity index (χ3n) is 7.15.